The highest BCUT2D eigenvalue weighted by atomic mass is 16.5. The Kier molecular flexibility index (Phi) is 4.46. The first kappa shape index (κ1) is 17.0. The molecule has 0 atom stereocenters. The number of nitrogens with zero attached hydrogens (tertiary/aromatic N) is 2. The van der Waals surface area contributed by atoms with Crippen LogP contribution in [0.3, 0.4) is 0 Å². The summed E-state index contributed by atoms with van der Waals surface area (Å²) in [7, 11) is 0. The number of nitrogens with one attached hydrogen (secondary N) is 2. The van der Waals surface area contributed by atoms with E-state index in [9.17, 15) is 4.79 Å². The highest BCUT2D eigenvalue weighted by Gasteiger charge is 2.11. The average molecular weight is 360 g/mol. The van der Waals surface area contributed by atoms with Crippen LogP contribution >= 0.6 is 0 Å². The van der Waals surface area contributed by atoms with Crippen LogP contribution in [-0.4, -0.2) is 26.8 Å². The molecule has 0 fully saturated rings. The van der Waals surface area contributed by atoms with Gasteiger partial charge >= 0.3 is 5.69 Å². The van der Waals surface area contributed by atoms with E-state index in [0.717, 1.165) is 27.8 Å². The fourth-order valence-electron chi connectivity index (χ4n) is 2.92. The average Bonchev–Trinajstić information content (AvgIpc) is 3.14. The van der Waals surface area contributed by atoms with Crippen LogP contribution in [0.5, 0.6) is 5.75 Å². The third-order valence-corrected chi connectivity index (χ3v) is 4.23. The van der Waals surface area contributed by atoms with Gasteiger partial charge < -0.3 is 9.72 Å². The van der Waals surface area contributed by atoms with Gasteiger partial charge in [-0.25, -0.2) is 4.79 Å². The molecule has 0 aliphatic rings. The molecule has 0 saturated heterocycles. The van der Waals surface area contributed by atoms with Gasteiger partial charge in [0.05, 0.1) is 29.7 Å². The van der Waals surface area contributed by atoms with Crippen molar-refractivity contribution in [2.75, 3.05) is 6.61 Å². The summed E-state index contributed by atoms with van der Waals surface area (Å²) in [6.07, 6.45) is 1.75. The van der Waals surface area contributed by atoms with Crippen molar-refractivity contribution in [3.63, 3.8) is 0 Å². The molecule has 4 aromatic rings. The van der Waals surface area contributed by atoms with Gasteiger partial charge in [0.15, 0.2) is 0 Å². The summed E-state index contributed by atoms with van der Waals surface area (Å²) in [6.45, 7) is 4.80. The van der Waals surface area contributed by atoms with Crippen molar-refractivity contribution in [3.8, 4) is 28.3 Å². The number of rotatable bonds is 5. The first-order chi connectivity index (χ1) is 13.1. The van der Waals surface area contributed by atoms with E-state index in [4.69, 9.17) is 4.74 Å². The Balaban J connectivity index is 1.78. The molecule has 136 valence electrons. The predicted octanol–water partition coefficient (Wildman–Crippen LogP) is 4.02. The third-order valence-electron chi connectivity index (χ3n) is 4.23. The third kappa shape index (κ3) is 3.60. The number of aromatic amines is 2. The summed E-state index contributed by atoms with van der Waals surface area (Å²) >= 11 is 0. The monoisotopic (exact) mass is 360 g/mol. The fourth-order valence-corrected chi connectivity index (χ4v) is 2.92. The fraction of sp³-hybridized carbons (Fsp3) is 0.190. The Morgan fingerprint density at radius 1 is 1.11 bits per heavy atom. The van der Waals surface area contributed by atoms with E-state index in [1.807, 2.05) is 48.5 Å². The molecule has 0 unspecified atom stereocenters. The van der Waals surface area contributed by atoms with E-state index in [1.165, 1.54) is 0 Å². The van der Waals surface area contributed by atoms with E-state index in [1.54, 1.807) is 6.20 Å². The summed E-state index contributed by atoms with van der Waals surface area (Å²) in [5, 5.41) is 7.93. The van der Waals surface area contributed by atoms with Crippen LogP contribution in [0.25, 0.3) is 33.4 Å². The van der Waals surface area contributed by atoms with Gasteiger partial charge in [0.25, 0.3) is 0 Å². The van der Waals surface area contributed by atoms with Crippen molar-refractivity contribution in [1.29, 1.82) is 0 Å². The maximum Gasteiger partial charge on any atom is 0.345 e. The van der Waals surface area contributed by atoms with Crippen molar-refractivity contribution in [3.05, 3.63) is 65.2 Å². The van der Waals surface area contributed by atoms with Crippen molar-refractivity contribution in [2.24, 2.45) is 5.92 Å². The Labute approximate surface area is 156 Å². The Bertz CT molecular complexity index is 1140. The van der Waals surface area contributed by atoms with Crippen LogP contribution in [0.15, 0.2) is 59.5 Å². The van der Waals surface area contributed by atoms with Crippen molar-refractivity contribution < 1.29 is 4.74 Å². The number of hydrogen-bond acceptors (Lipinski definition) is 4. The molecule has 2 N–H and O–H groups in total. The van der Waals surface area contributed by atoms with Crippen LogP contribution in [0.1, 0.15) is 13.8 Å². The second-order valence-electron chi connectivity index (χ2n) is 6.86. The minimum absolute atomic E-state index is 0.395. The number of H-pyrrole nitrogens is 2. The lowest BCUT2D eigenvalue weighted by atomic mass is 10.1. The van der Waals surface area contributed by atoms with Crippen molar-refractivity contribution in [1.82, 2.24) is 20.2 Å². The molecule has 0 amide bonds. The van der Waals surface area contributed by atoms with E-state index < -0.39 is 5.69 Å². The van der Waals surface area contributed by atoms with Crippen LogP contribution in [-0.2, 0) is 0 Å². The summed E-state index contributed by atoms with van der Waals surface area (Å²) < 4.78 is 5.93. The largest absolute Gasteiger partial charge is 0.493 e. The van der Waals surface area contributed by atoms with E-state index in [0.29, 0.717) is 23.9 Å². The zero-order valence-electron chi connectivity index (χ0n) is 15.2. The smallest absolute Gasteiger partial charge is 0.345 e. The first-order valence-corrected chi connectivity index (χ1v) is 8.87. The molecule has 0 spiro atoms. The quantitative estimate of drug-likeness (QED) is 0.563. The zero-order valence-corrected chi connectivity index (χ0v) is 15.2. The molecule has 4 rings (SSSR count). The highest BCUT2D eigenvalue weighted by molar-refractivity contribution is 5.84. The topological polar surface area (TPSA) is 83.7 Å². The number of fused-ring (bicyclic) bond motifs is 1. The summed E-state index contributed by atoms with van der Waals surface area (Å²) in [4.78, 5) is 19.2. The molecule has 0 bridgehead atoms. The zero-order chi connectivity index (χ0) is 18.8. The molecule has 27 heavy (non-hydrogen) atoms. The normalized spacial score (nSPS) is 11.2. The second-order valence-corrected chi connectivity index (χ2v) is 6.86. The SMILES string of the molecule is CC(C)COc1ccccc1-c1cc(-c2ccc3[nH]ncc3c2)nc(=O)[nH]1. The van der Waals surface area contributed by atoms with Gasteiger partial charge in [-0.05, 0) is 36.2 Å². The Morgan fingerprint density at radius 2 is 1.96 bits per heavy atom. The minimum atomic E-state index is -0.395. The van der Waals surface area contributed by atoms with Gasteiger partial charge in [0.1, 0.15) is 5.75 Å². The second kappa shape index (κ2) is 7.07. The van der Waals surface area contributed by atoms with Gasteiger partial charge in [0.2, 0.25) is 0 Å². The molecule has 2 heterocycles. The Morgan fingerprint density at radius 3 is 2.81 bits per heavy atom. The number of aromatic nitrogens is 4. The van der Waals surface area contributed by atoms with Crippen molar-refractivity contribution >= 4 is 10.9 Å². The van der Waals surface area contributed by atoms with E-state index >= 15 is 0 Å². The standard InChI is InChI=1S/C21H20N4O2/c1-13(2)12-27-20-6-4-3-5-16(20)19-10-18(23-21(26)24-19)14-7-8-17-15(9-14)11-22-25-17/h3-11,13H,12H2,1-2H3,(H,22,25)(H,23,24,26). The summed E-state index contributed by atoms with van der Waals surface area (Å²) in [6, 6.07) is 15.4. The molecular weight excluding hydrogens is 340 g/mol. The molecule has 0 saturated carbocycles. The number of benzene rings is 2. The van der Waals surface area contributed by atoms with Crippen LogP contribution in [0, 0.1) is 5.92 Å². The summed E-state index contributed by atoms with van der Waals surface area (Å²) in [5.41, 5.74) is 3.52. The molecule has 6 nitrogen and oxygen atoms in total. The van der Waals surface area contributed by atoms with Crippen LogP contribution in [0.2, 0.25) is 0 Å². The van der Waals surface area contributed by atoms with Crippen LogP contribution in [0.4, 0.5) is 0 Å². The molecular formula is C21H20N4O2. The van der Waals surface area contributed by atoms with Crippen LogP contribution < -0.4 is 10.4 Å². The molecule has 6 heteroatoms. The maximum absolute atomic E-state index is 12.2. The minimum Gasteiger partial charge on any atom is -0.493 e. The molecule has 0 radical (unpaired) electrons. The van der Waals surface area contributed by atoms with Crippen molar-refractivity contribution in [2.45, 2.75) is 13.8 Å². The lowest BCUT2D eigenvalue weighted by Gasteiger charge is -2.13. The predicted molar refractivity (Wildman–Crippen MR) is 106 cm³/mol. The lowest BCUT2D eigenvalue weighted by molar-refractivity contribution is 0.272. The number of para-hydroxylation sites is 1. The Hall–Kier alpha value is -3.41. The molecule has 0 aliphatic heterocycles. The van der Waals surface area contributed by atoms with E-state index in [2.05, 4.69) is 34.0 Å². The van der Waals surface area contributed by atoms with Gasteiger partial charge in [-0.15, -0.1) is 0 Å². The van der Waals surface area contributed by atoms with E-state index in [-0.39, 0.29) is 0 Å². The summed E-state index contributed by atoms with van der Waals surface area (Å²) in [5.74, 6) is 1.15. The molecule has 2 aromatic heterocycles. The van der Waals surface area contributed by atoms with Gasteiger partial charge in [-0.3, -0.25) is 5.10 Å². The maximum atomic E-state index is 12.2. The van der Waals surface area contributed by atoms with Gasteiger partial charge in [-0.2, -0.15) is 10.1 Å². The first-order valence-electron chi connectivity index (χ1n) is 8.87. The van der Waals surface area contributed by atoms with Gasteiger partial charge in [-0.1, -0.05) is 32.0 Å². The highest BCUT2D eigenvalue weighted by Crippen LogP contribution is 2.30. The lowest BCUT2D eigenvalue weighted by Crippen LogP contribution is -2.12. The van der Waals surface area contributed by atoms with Gasteiger partial charge in [0, 0.05) is 16.5 Å². The molecule has 0 aliphatic carbocycles. The number of ether oxygens (including phenoxy) is 1. The number of hydrogen-bond donors (Lipinski definition) is 2. The molecule has 2 aromatic carbocycles.